The molecule has 3 N–H and O–H groups in total. The second-order valence-electron chi connectivity index (χ2n) is 6.06. The van der Waals surface area contributed by atoms with Crippen molar-refractivity contribution in [3.05, 3.63) is 29.3 Å². The number of nitrogens with one attached hydrogen (secondary N) is 3. The Kier molecular flexibility index (Phi) is 8.14. The lowest BCUT2D eigenvalue weighted by atomic mass is 10.1. The Morgan fingerprint density at radius 3 is 2.81 bits per heavy atom. The maximum atomic E-state index is 12.6. The average Bonchev–Trinajstić information content (AvgIpc) is 2.61. The Bertz CT molecular complexity index is 637. The van der Waals surface area contributed by atoms with Gasteiger partial charge in [0.2, 0.25) is 0 Å². The van der Waals surface area contributed by atoms with Crippen molar-refractivity contribution >= 4 is 23.0 Å². The maximum Gasteiger partial charge on any atom is 0.387 e. The summed E-state index contributed by atoms with van der Waals surface area (Å²) in [6.07, 6.45) is 0. The number of hydrogen-bond acceptors (Lipinski definition) is 4. The highest BCUT2D eigenvalue weighted by Gasteiger charge is 2.14. The molecule has 1 aliphatic rings. The molecule has 2 rings (SSSR count). The van der Waals surface area contributed by atoms with Crippen molar-refractivity contribution in [2.45, 2.75) is 20.5 Å². The number of benzene rings is 1. The van der Waals surface area contributed by atoms with Crippen molar-refractivity contribution in [3.8, 4) is 5.75 Å². The van der Waals surface area contributed by atoms with Crippen molar-refractivity contribution in [2.24, 2.45) is 5.10 Å². The quantitative estimate of drug-likeness (QED) is 0.365. The lowest BCUT2D eigenvalue weighted by molar-refractivity contribution is -0.906. The second kappa shape index (κ2) is 10.3. The van der Waals surface area contributed by atoms with Gasteiger partial charge in [-0.2, -0.15) is 13.9 Å². The van der Waals surface area contributed by atoms with E-state index in [1.807, 2.05) is 6.92 Å². The highest BCUT2D eigenvalue weighted by Crippen LogP contribution is 2.22. The Labute approximate surface area is 157 Å². The maximum absolute atomic E-state index is 12.6. The largest absolute Gasteiger partial charge is 0.434 e. The number of morpholine rings is 1. The van der Waals surface area contributed by atoms with Gasteiger partial charge in [-0.3, -0.25) is 5.43 Å². The number of nitrogens with zero attached hydrogens (tertiary/aromatic N) is 1. The Morgan fingerprint density at radius 2 is 2.12 bits per heavy atom. The highest BCUT2D eigenvalue weighted by atomic mass is 32.1. The van der Waals surface area contributed by atoms with Crippen LogP contribution in [0.15, 0.2) is 23.3 Å². The molecule has 1 aromatic rings. The molecule has 1 heterocycles. The van der Waals surface area contributed by atoms with Crippen LogP contribution in [0.25, 0.3) is 0 Å². The van der Waals surface area contributed by atoms with Crippen LogP contribution in [0, 0.1) is 6.92 Å². The average molecular weight is 387 g/mol. The van der Waals surface area contributed by atoms with Crippen molar-refractivity contribution in [1.29, 1.82) is 0 Å². The van der Waals surface area contributed by atoms with Gasteiger partial charge in [-0.25, -0.2) is 0 Å². The number of halogens is 2. The van der Waals surface area contributed by atoms with Gasteiger partial charge in [0.25, 0.3) is 0 Å². The molecule has 0 saturated carbocycles. The molecule has 0 atom stereocenters. The summed E-state index contributed by atoms with van der Waals surface area (Å²) in [7, 11) is 0. The first-order chi connectivity index (χ1) is 12.5. The molecule has 0 bridgehead atoms. The minimum atomic E-state index is -2.89. The Hall–Kier alpha value is -1.84. The van der Waals surface area contributed by atoms with E-state index in [0.717, 1.165) is 45.0 Å². The molecule has 0 spiro atoms. The lowest BCUT2D eigenvalue weighted by Gasteiger charge is -2.23. The van der Waals surface area contributed by atoms with Gasteiger partial charge < -0.3 is 19.7 Å². The SMILES string of the molecule is C/C(=N/NC(=S)NCC[NH+]1CCOCC1)c1cc(C)ccc1OC(F)F. The number of aryl methyl sites for hydroxylation is 1. The third kappa shape index (κ3) is 6.81. The molecule has 1 fully saturated rings. The van der Waals surface area contributed by atoms with Gasteiger partial charge in [0.15, 0.2) is 5.11 Å². The third-order valence-corrected chi connectivity index (χ3v) is 4.27. The van der Waals surface area contributed by atoms with Crippen LogP contribution in [0.3, 0.4) is 0 Å². The summed E-state index contributed by atoms with van der Waals surface area (Å²) < 4.78 is 35.0. The summed E-state index contributed by atoms with van der Waals surface area (Å²) in [4.78, 5) is 1.47. The van der Waals surface area contributed by atoms with Crippen molar-refractivity contribution in [2.75, 3.05) is 39.4 Å². The smallest absolute Gasteiger partial charge is 0.387 e. The van der Waals surface area contributed by atoms with Crippen LogP contribution >= 0.6 is 12.2 Å². The van der Waals surface area contributed by atoms with E-state index < -0.39 is 6.61 Å². The molecule has 0 aliphatic carbocycles. The second-order valence-corrected chi connectivity index (χ2v) is 6.46. The zero-order chi connectivity index (χ0) is 18.9. The van der Waals surface area contributed by atoms with Gasteiger partial charge in [-0.1, -0.05) is 11.6 Å². The van der Waals surface area contributed by atoms with Crippen molar-refractivity contribution in [1.82, 2.24) is 10.7 Å². The molecule has 6 nitrogen and oxygen atoms in total. The monoisotopic (exact) mass is 387 g/mol. The molecule has 1 aromatic carbocycles. The molecular formula is C17H25F2N4O2S+. The van der Waals surface area contributed by atoms with Crippen molar-refractivity contribution in [3.63, 3.8) is 0 Å². The van der Waals surface area contributed by atoms with Gasteiger partial charge in [0, 0.05) is 5.56 Å². The number of ether oxygens (including phenoxy) is 2. The molecule has 9 heteroatoms. The first-order valence-electron chi connectivity index (χ1n) is 8.51. The zero-order valence-corrected chi connectivity index (χ0v) is 15.8. The number of hydrogen-bond donors (Lipinski definition) is 3. The van der Waals surface area contributed by atoms with E-state index in [-0.39, 0.29) is 5.75 Å². The normalized spacial score (nSPS) is 15.8. The number of rotatable bonds is 7. The standard InChI is InChI=1S/C17H24F2N4O2S/c1-12-3-4-15(25-16(18)19)14(11-12)13(2)21-22-17(26)20-5-6-23-7-9-24-10-8-23/h3-4,11,16H,5-10H2,1-2H3,(H2,20,22,26)/p+1/b21-13-. The van der Waals surface area contributed by atoms with E-state index in [1.165, 1.54) is 11.0 Å². The van der Waals surface area contributed by atoms with E-state index in [9.17, 15) is 8.78 Å². The minimum Gasteiger partial charge on any atom is -0.434 e. The lowest BCUT2D eigenvalue weighted by Crippen LogP contribution is -3.14. The summed E-state index contributed by atoms with van der Waals surface area (Å²) in [5, 5.41) is 7.67. The summed E-state index contributed by atoms with van der Waals surface area (Å²) in [6, 6.07) is 4.97. The molecule has 144 valence electrons. The van der Waals surface area contributed by atoms with E-state index in [0.29, 0.717) is 16.4 Å². The van der Waals surface area contributed by atoms with E-state index in [1.54, 1.807) is 19.1 Å². The number of thiocarbonyl (C=S) groups is 1. The fraction of sp³-hybridized carbons (Fsp3) is 0.529. The molecular weight excluding hydrogens is 362 g/mol. The van der Waals surface area contributed by atoms with Crippen LogP contribution in [0.4, 0.5) is 8.78 Å². The number of hydrazone groups is 1. The van der Waals surface area contributed by atoms with Crippen LogP contribution in [0.5, 0.6) is 5.75 Å². The first-order valence-corrected chi connectivity index (χ1v) is 8.92. The molecule has 0 unspecified atom stereocenters. The zero-order valence-electron chi connectivity index (χ0n) is 15.0. The molecule has 1 aliphatic heterocycles. The van der Waals surface area contributed by atoms with E-state index in [4.69, 9.17) is 17.0 Å². The number of alkyl halides is 2. The highest BCUT2D eigenvalue weighted by molar-refractivity contribution is 7.80. The van der Waals surface area contributed by atoms with Crippen LogP contribution in [0.1, 0.15) is 18.1 Å². The van der Waals surface area contributed by atoms with Gasteiger partial charge in [-0.05, 0) is 38.2 Å². The van der Waals surface area contributed by atoms with Gasteiger partial charge >= 0.3 is 6.61 Å². The topological polar surface area (TPSA) is 59.3 Å². The third-order valence-electron chi connectivity index (χ3n) is 4.03. The summed E-state index contributed by atoms with van der Waals surface area (Å²) in [6.45, 7) is 5.94. The molecule has 1 saturated heterocycles. The summed E-state index contributed by atoms with van der Waals surface area (Å²) in [5.41, 5.74) is 4.68. The summed E-state index contributed by atoms with van der Waals surface area (Å²) in [5.74, 6) is 0.0865. The predicted octanol–water partition coefficient (Wildman–Crippen LogP) is 0.700. The first kappa shape index (κ1) is 20.5. The van der Waals surface area contributed by atoms with E-state index in [2.05, 4.69) is 20.6 Å². The Balaban J connectivity index is 1.86. The fourth-order valence-electron chi connectivity index (χ4n) is 2.62. The minimum absolute atomic E-state index is 0.0865. The fourth-order valence-corrected chi connectivity index (χ4v) is 2.77. The number of quaternary nitrogens is 1. The molecule has 0 aromatic heterocycles. The molecule has 26 heavy (non-hydrogen) atoms. The summed E-state index contributed by atoms with van der Waals surface area (Å²) >= 11 is 5.20. The molecule has 0 radical (unpaired) electrons. The van der Waals surface area contributed by atoms with Crippen molar-refractivity contribution < 1.29 is 23.2 Å². The van der Waals surface area contributed by atoms with Gasteiger partial charge in [0.1, 0.15) is 18.8 Å². The Morgan fingerprint density at radius 1 is 1.38 bits per heavy atom. The van der Waals surface area contributed by atoms with Crippen LogP contribution < -0.4 is 20.4 Å². The van der Waals surface area contributed by atoms with Crippen LogP contribution in [-0.2, 0) is 4.74 Å². The van der Waals surface area contributed by atoms with E-state index >= 15 is 0 Å². The van der Waals surface area contributed by atoms with Crippen LogP contribution in [-0.4, -0.2) is 56.8 Å². The molecule has 0 amide bonds. The van der Waals surface area contributed by atoms with Crippen LogP contribution in [0.2, 0.25) is 0 Å². The van der Waals surface area contributed by atoms with Gasteiger partial charge in [-0.15, -0.1) is 0 Å². The van der Waals surface area contributed by atoms with Gasteiger partial charge in [0.05, 0.1) is 32.0 Å². The predicted molar refractivity (Wildman–Crippen MR) is 100 cm³/mol.